The third kappa shape index (κ3) is 2.19. The van der Waals surface area contributed by atoms with E-state index in [1.165, 1.54) is 28.7 Å². The van der Waals surface area contributed by atoms with Gasteiger partial charge < -0.3 is 10.1 Å². The maximum atomic E-state index is 5.42. The number of nitrogens with one attached hydrogen (secondary N) is 1. The first kappa shape index (κ1) is 12.4. The van der Waals surface area contributed by atoms with Gasteiger partial charge in [-0.25, -0.2) is 0 Å². The van der Waals surface area contributed by atoms with Gasteiger partial charge in [0.1, 0.15) is 5.75 Å². The molecule has 1 saturated heterocycles. The fourth-order valence-corrected chi connectivity index (χ4v) is 2.95. The lowest BCUT2D eigenvalue weighted by molar-refractivity contribution is 0.410. The Labute approximate surface area is 104 Å². The molecule has 1 fully saturated rings. The molecule has 94 valence electrons. The molecule has 17 heavy (non-hydrogen) atoms. The normalized spacial score (nSPS) is 24.1. The molecular formula is C15H23NO. The second kappa shape index (κ2) is 4.69. The van der Waals surface area contributed by atoms with Crippen LogP contribution in [-0.2, 0) is 0 Å². The van der Waals surface area contributed by atoms with Gasteiger partial charge in [-0.15, -0.1) is 0 Å². The molecule has 1 N–H and O–H groups in total. The van der Waals surface area contributed by atoms with Crippen molar-refractivity contribution in [1.29, 1.82) is 0 Å². The maximum absolute atomic E-state index is 5.42. The minimum absolute atomic E-state index is 0.523. The molecule has 0 amide bonds. The van der Waals surface area contributed by atoms with Gasteiger partial charge >= 0.3 is 0 Å². The van der Waals surface area contributed by atoms with Crippen molar-refractivity contribution in [3.05, 3.63) is 28.3 Å². The van der Waals surface area contributed by atoms with Crippen LogP contribution in [0.15, 0.2) is 6.07 Å². The Kier molecular flexibility index (Phi) is 3.43. The first-order chi connectivity index (χ1) is 8.04. The topological polar surface area (TPSA) is 21.3 Å². The monoisotopic (exact) mass is 233 g/mol. The lowest BCUT2D eigenvalue weighted by Crippen LogP contribution is -2.16. The van der Waals surface area contributed by atoms with E-state index in [2.05, 4.69) is 39.1 Å². The molecule has 0 aromatic heterocycles. The van der Waals surface area contributed by atoms with E-state index in [-0.39, 0.29) is 0 Å². The number of methoxy groups -OCH3 is 1. The van der Waals surface area contributed by atoms with Gasteiger partial charge in [0.2, 0.25) is 0 Å². The van der Waals surface area contributed by atoms with Crippen LogP contribution < -0.4 is 10.1 Å². The molecule has 1 aromatic carbocycles. The molecule has 1 aromatic rings. The van der Waals surface area contributed by atoms with Crippen LogP contribution in [-0.4, -0.2) is 13.7 Å². The summed E-state index contributed by atoms with van der Waals surface area (Å²) in [5.74, 6) is 1.79. The van der Waals surface area contributed by atoms with Crippen molar-refractivity contribution < 1.29 is 4.74 Å². The first-order valence-electron chi connectivity index (χ1n) is 6.42. The molecule has 0 bridgehead atoms. The molecule has 1 aliphatic heterocycles. The highest BCUT2D eigenvalue weighted by Gasteiger charge is 2.25. The van der Waals surface area contributed by atoms with E-state index in [4.69, 9.17) is 4.74 Å². The zero-order valence-electron chi connectivity index (χ0n) is 11.6. The van der Waals surface area contributed by atoms with Crippen LogP contribution in [0.5, 0.6) is 5.75 Å². The molecule has 2 atom stereocenters. The average Bonchev–Trinajstić information content (AvgIpc) is 2.70. The number of benzene rings is 1. The van der Waals surface area contributed by atoms with Crippen LogP contribution in [0, 0.1) is 26.7 Å². The van der Waals surface area contributed by atoms with E-state index in [0.717, 1.165) is 18.2 Å². The van der Waals surface area contributed by atoms with Crippen LogP contribution in [0.2, 0.25) is 0 Å². The molecule has 0 aliphatic carbocycles. The predicted octanol–water partition coefficient (Wildman–Crippen LogP) is 3.29. The highest BCUT2D eigenvalue weighted by Crippen LogP contribution is 2.35. The van der Waals surface area contributed by atoms with Gasteiger partial charge in [0.25, 0.3) is 0 Å². The average molecular weight is 233 g/mol. The summed E-state index contributed by atoms with van der Waals surface area (Å²) >= 11 is 0. The quantitative estimate of drug-likeness (QED) is 0.846. The van der Waals surface area contributed by atoms with Crippen molar-refractivity contribution in [3.8, 4) is 5.75 Å². The Morgan fingerprint density at radius 1 is 1.24 bits per heavy atom. The Morgan fingerprint density at radius 3 is 2.47 bits per heavy atom. The minimum atomic E-state index is 0.523. The summed E-state index contributed by atoms with van der Waals surface area (Å²) in [7, 11) is 1.75. The summed E-state index contributed by atoms with van der Waals surface area (Å²) in [5, 5.41) is 3.63. The zero-order valence-corrected chi connectivity index (χ0v) is 11.6. The van der Waals surface area contributed by atoms with E-state index < -0.39 is 0 Å². The van der Waals surface area contributed by atoms with Crippen molar-refractivity contribution in [2.45, 2.75) is 40.2 Å². The van der Waals surface area contributed by atoms with Crippen molar-refractivity contribution in [3.63, 3.8) is 0 Å². The van der Waals surface area contributed by atoms with E-state index >= 15 is 0 Å². The summed E-state index contributed by atoms with van der Waals surface area (Å²) in [5.41, 5.74) is 5.48. The van der Waals surface area contributed by atoms with Crippen molar-refractivity contribution in [1.82, 2.24) is 5.32 Å². The predicted molar refractivity (Wildman–Crippen MR) is 71.7 cm³/mol. The molecule has 1 aliphatic rings. The maximum Gasteiger partial charge on any atom is 0.122 e. The Morgan fingerprint density at radius 2 is 1.94 bits per heavy atom. The van der Waals surface area contributed by atoms with Crippen LogP contribution in [0.1, 0.15) is 41.6 Å². The van der Waals surface area contributed by atoms with Gasteiger partial charge in [0, 0.05) is 6.04 Å². The number of aryl methyl sites for hydroxylation is 1. The summed E-state index contributed by atoms with van der Waals surface area (Å²) in [4.78, 5) is 0. The van der Waals surface area contributed by atoms with Crippen molar-refractivity contribution in [2.75, 3.05) is 13.7 Å². The van der Waals surface area contributed by atoms with Crippen LogP contribution in [0.4, 0.5) is 0 Å². The van der Waals surface area contributed by atoms with Gasteiger partial charge in [0.05, 0.1) is 7.11 Å². The Balaban J connectivity index is 2.44. The third-order valence-electron chi connectivity index (χ3n) is 4.03. The molecular weight excluding hydrogens is 210 g/mol. The Bertz CT molecular complexity index is 425. The van der Waals surface area contributed by atoms with Gasteiger partial charge in [-0.3, -0.25) is 0 Å². The largest absolute Gasteiger partial charge is 0.496 e. The number of hydrogen-bond acceptors (Lipinski definition) is 2. The van der Waals surface area contributed by atoms with Crippen LogP contribution in [0.3, 0.4) is 0 Å². The smallest absolute Gasteiger partial charge is 0.122 e. The second-order valence-electron chi connectivity index (χ2n) is 5.36. The standard InChI is InChI=1S/C15H23NO/c1-9-6-13(16-8-9)15-10(2)7-14(17-5)11(3)12(15)4/h7,9,13,16H,6,8H2,1-5H3/t9-,13-/m0/s1. The number of rotatable bonds is 2. The molecule has 0 unspecified atom stereocenters. The molecule has 1 heterocycles. The molecule has 0 spiro atoms. The van der Waals surface area contributed by atoms with Crippen molar-refractivity contribution >= 4 is 0 Å². The summed E-state index contributed by atoms with van der Waals surface area (Å²) in [6.07, 6.45) is 1.24. The first-order valence-corrected chi connectivity index (χ1v) is 6.42. The number of ether oxygens (including phenoxy) is 1. The summed E-state index contributed by atoms with van der Waals surface area (Å²) in [6.45, 7) is 10.00. The van der Waals surface area contributed by atoms with Gasteiger partial charge in [-0.2, -0.15) is 0 Å². The van der Waals surface area contributed by atoms with E-state index in [1.54, 1.807) is 7.11 Å². The molecule has 0 saturated carbocycles. The van der Waals surface area contributed by atoms with E-state index in [9.17, 15) is 0 Å². The zero-order chi connectivity index (χ0) is 12.6. The molecule has 2 rings (SSSR count). The van der Waals surface area contributed by atoms with Gasteiger partial charge in [0.15, 0.2) is 0 Å². The Hall–Kier alpha value is -1.02. The molecule has 2 nitrogen and oxygen atoms in total. The van der Waals surface area contributed by atoms with Crippen LogP contribution in [0.25, 0.3) is 0 Å². The minimum Gasteiger partial charge on any atom is -0.496 e. The van der Waals surface area contributed by atoms with Gasteiger partial charge in [-0.05, 0) is 68.0 Å². The number of hydrogen-bond donors (Lipinski definition) is 1. The van der Waals surface area contributed by atoms with Crippen molar-refractivity contribution in [2.24, 2.45) is 5.92 Å². The summed E-state index contributed by atoms with van der Waals surface area (Å²) < 4.78 is 5.42. The SMILES string of the molecule is COc1cc(C)c([C@@H]2C[C@H](C)CN2)c(C)c1C. The van der Waals surface area contributed by atoms with Crippen LogP contribution >= 0.6 is 0 Å². The molecule has 0 radical (unpaired) electrons. The summed E-state index contributed by atoms with van der Waals surface area (Å²) in [6, 6.07) is 2.69. The fourth-order valence-electron chi connectivity index (χ4n) is 2.95. The lowest BCUT2D eigenvalue weighted by Gasteiger charge is -2.21. The molecule has 2 heteroatoms. The fraction of sp³-hybridized carbons (Fsp3) is 0.600. The highest BCUT2D eigenvalue weighted by atomic mass is 16.5. The van der Waals surface area contributed by atoms with Gasteiger partial charge in [-0.1, -0.05) is 6.92 Å². The van der Waals surface area contributed by atoms with E-state index in [1.807, 2.05) is 0 Å². The lowest BCUT2D eigenvalue weighted by atomic mass is 9.90. The third-order valence-corrected chi connectivity index (χ3v) is 4.03. The van der Waals surface area contributed by atoms with E-state index in [0.29, 0.717) is 6.04 Å². The second-order valence-corrected chi connectivity index (χ2v) is 5.36. The highest BCUT2D eigenvalue weighted by molar-refractivity contribution is 5.49.